The van der Waals surface area contributed by atoms with Gasteiger partial charge in [0.15, 0.2) is 0 Å². The highest BCUT2D eigenvalue weighted by atomic mass is 16.3. The summed E-state index contributed by atoms with van der Waals surface area (Å²) < 4.78 is 0. The maximum Gasteiger partial charge on any atom is 0.147 e. The third-order valence-corrected chi connectivity index (χ3v) is 2.33. The lowest BCUT2D eigenvalue weighted by Gasteiger charge is -2.30. The van der Waals surface area contributed by atoms with E-state index in [9.17, 15) is 10.2 Å². The van der Waals surface area contributed by atoms with Gasteiger partial charge in [-0.2, -0.15) is 0 Å². The van der Waals surface area contributed by atoms with E-state index in [2.05, 4.69) is 15.3 Å². The molecule has 1 aromatic rings. The first-order chi connectivity index (χ1) is 7.15. The molecule has 1 heterocycles. The summed E-state index contributed by atoms with van der Waals surface area (Å²) in [5, 5.41) is 21.3. The number of aliphatic hydroxyl groups is 2. The van der Waals surface area contributed by atoms with Crippen molar-refractivity contribution in [2.45, 2.75) is 18.9 Å². The molecule has 0 saturated heterocycles. The van der Waals surface area contributed by atoms with E-state index in [1.165, 1.54) is 12.4 Å². The number of nitrogen functional groups attached to an aromatic ring is 1. The van der Waals surface area contributed by atoms with Crippen molar-refractivity contribution in [1.82, 2.24) is 9.97 Å². The summed E-state index contributed by atoms with van der Waals surface area (Å²) in [6.45, 7) is 1.49. The maximum atomic E-state index is 9.21. The predicted octanol–water partition coefficient (Wildman–Crippen LogP) is -0.396. The summed E-state index contributed by atoms with van der Waals surface area (Å²) in [6.07, 6.45) is 3.49. The van der Waals surface area contributed by atoms with Crippen LogP contribution in [0.1, 0.15) is 13.3 Å². The molecule has 5 N–H and O–H groups in total. The summed E-state index contributed by atoms with van der Waals surface area (Å²) >= 11 is 0. The maximum absolute atomic E-state index is 9.21. The Kier molecular flexibility index (Phi) is 3.81. The molecule has 0 fully saturated rings. The molecule has 0 bridgehead atoms. The van der Waals surface area contributed by atoms with Crippen molar-refractivity contribution in [3.8, 4) is 0 Å². The van der Waals surface area contributed by atoms with E-state index in [4.69, 9.17) is 5.73 Å². The molecular formula is C9H16N4O2. The molecule has 6 nitrogen and oxygen atoms in total. The van der Waals surface area contributed by atoms with Gasteiger partial charge >= 0.3 is 0 Å². The summed E-state index contributed by atoms with van der Waals surface area (Å²) in [6, 6.07) is 0. The third kappa shape index (κ3) is 2.77. The van der Waals surface area contributed by atoms with Crippen molar-refractivity contribution < 1.29 is 10.2 Å². The molecule has 6 heteroatoms. The smallest absolute Gasteiger partial charge is 0.147 e. The second-order valence-electron chi connectivity index (χ2n) is 3.40. The molecule has 0 amide bonds. The normalized spacial score (nSPS) is 11.4. The molecule has 0 atom stereocenters. The van der Waals surface area contributed by atoms with Crippen LogP contribution >= 0.6 is 0 Å². The summed E-state index contributed by atoms with van der Waals surface area (Å²) in [5.74, 6) is 0.737. The lowest BCUT2D eigenvalue weighted by molar-refractivity contribution is 0.132. The molecule has 0 saturated carbocycles. The molecule has 0 radical (unpaired) electrons. The number of anilines is 2. The van der Waals surface area contributed by atoms with Gasteiger partial charge in [-0.15, -0.1) is 0 Å². The molecule has 0 aliphatic heterocycles. The zero-order valence-electron chi connectivity index (χ0n) is 8.64. The van der Waals surface area contributed by atoms with Gasteiger partial charge in [-0.05, 0) is 6.42 Å². The number of aliphatic hydroxyl groups excluding tert-OH is 2. The van der Waals surface area contributed by atoms with E-state index in [0.717, 1.165) is 0 Å². The van der Waals surface area contributed by atoms with Gasteiger partial charge in [0.05, 0.1) is 31.1 Å². The van der Waals surface area contributed by atoms with Crippen molar-refractivity contribution >= 4 is 11.6 Å². The monoisotopic (exact) mass is 212 g/mol. The lowest BCUT2D eigenvalue weighted by atomic mass is 9.99. The van der Waals surface area contributed by atoms with Crippen molar-refractivity contribution in [1.29, 1.82) is 0 Å². The van der Waals surface area contributed by atoms with Crippen molar-refractivity contribution in [3.63, 3.8) is 0 Å². The number of rotatable bonds is 5. The van der Waals surface area contributed by atoms with Crippen LogP contribution in [0.15, 0.2) is 12.4 Å². The zero-order valence-corrected chi connectivity index (χ0v) is 8.64. The van der Waals surface area contributed by atoms with Crippen LogP contribution in [0.5, 0.6) is 0 Å². The van der Waals surface area contributed by atoms with Gasteiger partial charge in [-0.3, -0.25) is 4.98 Å². The molecule has 0 aromatic carbocycles. The molecular weight excluding hydrogens is 196 g/mol. The minimum atomic E-state index is -0.775. The van der Waals surface area contributed by atoms with Gasteiger partial charge < -0.3 is 21.3 Å². The summed E-state index contributed by atoms with van der Waals surface area (Å²) in [4.78, 5) is 7.84. The fourth-order valence-corrected chi connectivity index (χ4v) is 1.15. The molecule has 0 spiro atoms. The average molecular weight is 212 g/mol. The van der Waals surface area contributed by atoms with E-state index >= 15 is 0 Å². The SMILES string of the molecule is CCC(CO)(CO)Nc1cncc(N)n1. The molecule has 1 aromatic heterocycles. The van der Waals surface area contributed by atoms with E-state index in [0.29, 0.717) is 18.1 Å². The molecule has 0 unspecified atom stereocenters. The number of hydrogen-bond donors (Lipinski definition) is 4. The second kappa shape index (κ2) is 4.90. The number of aromatic nitrogens is 2. The predicted molar refractivity (Wildman–Crippen MR) is 57.3 cm³/mol. The standard InChI is InChI=1S/C9H16N4O2/c1-2-9(5-14,6-15)13-8-4-11-3-7(10)12-8/h3-4,14-15H,2,5-6H2,1H3,(H3,10,12,13). The van der Waals surface area contributed by atoms with Crippen LogP contribution in [-0.2, 0) is 0 Å². The van der Waals surface area contributed by atoms with Gasteiger partial charge in [0.2, 0.25) is 0 Å². The molecule has 1 rings (SSSR count). The van der Waals surface area contributed by atoms with Gasteiger partial charge in [0, 0.05) is 0 Å². The first-order valence-electron chi connectivity index (χ1n) is 4.73. The zero-order chi connectivity index (χ0) is 11.3. The minimum Gasteiger partial charge on any atom is -0.394 e. The second-order valence-corrected chi connectivity index (χ2v) is 3.40. The Hall–Kier alpha value is -1.40. The Morgan fingerprint density at radius 1 is 1.40 bits per heavy atom. The quantitative estimate of drug-likeness (QED) is 0.529. The van der Waals surface area contributed by atoms with Gasteiger partial charge in [-0.1, -0.05) is 6.92 Å². The molecule has 15 heavy (non-hydrogen) atoms. The van der Waals surface area contributed by atoms with Crippen molar-refractivity contribution in [2.24, 2.45) is 0 Å². The summed E-state index contributed by atoms with van der Waals surface area (Å²) in [5.41, 5.74) is 4.69. The first-order valence-corrected chi connectivity index (χ1v) is 4.73. The van der Waals surface area contributed by atoms with Crippen LogP contribution in [0, 0.1) is 0 Å². The Morgan fingerprint density at radius 3 is 2.53 bits per heavy atom. The van der Waals surface area contributed by atoms with Crippen molar-refractivity contribution in [2.75, 3.05) is 24.3 Å². The van der Waals surface area contributed by atoms with Crippen LogP contribution in [0.2, 0.25) is 0 Å². The Labute approximate surface area is 88.2 Å². The summed E-state index contributed by atoms with van der Waals surface area (Å²) in [7, 11) is 0. The highest BCUT2D eigenvalue weighted by Crippen LogP contribution is 2.16. The number of nitrogens with one attached hydrogen (secondary N) is 1. The first kappa shape index (κ1) is 11.7. The van der Waals surface area contributed by atoms with E-state index in [1.807, 2.05) is 6.92 Å². The Balaban J connectivity index is 2.82. The fraction of sp³-hybridized carbons (Fsp3) is 0.556. The third-order valence-electron chi connectivity index (χ3n) is 2.33. The van der Waals surface area contributed by atoms with Gasteiger partial charge in [0.25, 0.3) is 0 Å². The number of hydrogen-bond acceptors (Lipinski definition) is 6. The van der Waals surface area contributed by atoms with Crippen LogP contribution in [0.4, 0.5) is 11.6 Å². The highest BCUT2D eigenvalue weighted by Gasteiger charge is 2.26. The van der Waals surface area contributed by atoms with Crippen molar-refractivity contribution in [3.05, 3.63) is 12.4 Å². The van der Waals surface area contributed by atoms with Crippen LogP contribution < -0.4 is 11.1 Å². The number of nitrogens with two attached hydrogens (primary N) is 1. The van der Waals surface area contributed by atoms with Gasteiger partial charge in [0.1, 0.15) is 11.6 Å². The minimum absolute atomic E-state index is 0.184. The van der Waals surface area contributed by atoms with Crippen LogP contribution in [-0.4, -0.2) is 38.9 Å². The van der Waals surface area contributed by atoms with E-state index in [-0.39, 0.29) is 13.2 Å². The largest absolute Gasteiger partial charge is 0.394 e. The fourth-order valence-electron chi connectivity index (χ4n) is 1.15. The average Bonchev–Trinajstić information content (AvgIpc) is 2.26. The number of nitrogens with zero attached hydrogens (tertiary/aromatic N) is 2. The lowest BCUT2D eigenvalue weighted by Crippen LogP contribution is -2.45. The van der Waals surface area contributed by atoms with E-state index in [1.54, 1.807) is 0 Å². The van der Waals surface area contributed by atoms with Gasteiger partial charge in [-0.25, -0.2) is 4.98 Å². The Morgan fingerprint density at radius 2 is 2.07 bits per heavy atom. The molecule has 84 valence electrons. The molecule has 0 aliphatic rings. The van der Waals surface area contributed by atoms with E-state index < -0.39 is 5.54 Å². The Bertz CT molecular complexity index is 306. The van der Waals surface area contributed by atoms with Crippen LogP contribution in [0.3, 0.4) is 0 Å². The topological polar surface area (TPSA) is 104 Å². The molecule has 0 aliphatic carbocycles. The highest BCUT2D eigenvalue weighted by molar-refractivity contribution is 5.40. The van der Waals surface area contributed by atoms with Crippen LogP contribution in [0.25, 0.3) is 0 Å².